The highest BCUT2D eigenvalue weighted by Gasteiger charge is 2.26. The average Bonchev–Trinajstić information content (AvgIpc) is 3.48. The van der Waals surface area contributed by atoms with Gasteiger partial charge in [-0.1, -0.05) is 48.5 Å². The number of amides is 1. The average molecular weight is 424 g/mol. The molecule has 6 heteroatoms. The Balaban J connectivity index is 1.34. The highest BCUT2D eigenvalue weighted by molar-refractivity contribution is 6.00. The van der Waals surface area contributed by atoms with Crippen molar-refractivity contribution in [2.45, 2.75) is 19.0 Å². The monoisotopic (exact) mass is 423 g/mol. The molecule has 3 heterocycles. The number of pyridine rings is 1. The first kappa shape index (κ1) is 20.2. The van der Waals surface area contributed by atoms with Crippen molar-refractivity contribution in [1.29, 1.82) is 0 Å². The van der Waals surface area contributed by atoms with Crippen LogP contribution in [0.4, 0.5) is 0 Å². The van der Waals surface area contributed by atoms with Gasteiger partial charge in [-0.05, 0) is 36.2 Å². The van der Waals surface area contributed by atoms with E-state index >= 15 is 0 Å². The van der Waals surface area contributed by atoms with Gasteiger partial charge in [-0.3, -0.25) is 14.7 Å². The summed E-state index contributed by atoms with van der Waals surface area (Å²) in [7, 11) is 0. The van der Waals surface area contributed by atoms with Crippen LogP contribution in [0.25, 0.3) is 16.9 Å². The van der Waals surface area contributed by atoms with Gasteiger partial charge in [0.15, 0.2) is 0 Å². The molecule has 1 fully saturated rings. The van der Waals surface area contributed by atoms with Crippen molar-refractivity contribution in [3.63, 3.8) is 0 Å². The van der Waals surface area contributed by atoms with Gasteiger partial charge in [-0.2, -0.15) is 5.10 Å². The summed E-state index contributed by atoms with van der Waals surface area (Å²) in [5, 5.41) is 7.95. The largest absolute Gasteiger partial charge is 0.348 e. The quantitative estimate of drug-likeness (QED) is 0.510. The van der Waals surface area contributed by atoms with E-state index in [2.05, 4.69) is 39.5 Å². The molecular weight excluding hydrogens is 398 g/mol. The van der Waals surface area contributed by atoms with Gasteiger partial charge in [0, 0.05) is 49.8 Å². The number of benzene rings is 2. The molecule has 4 aromatic rings. The zero-order valence-electron chi connectivity index (χ0n) is 17.8. The van der Waals surface area contributed by atoms with Crippen LogP contribution in [0.3, 0.4) is 0 Å². The summed E-state index contributed by atoms with van der Waals surface area (Å²) in [6, 6.07) is 24.2. The predicted octanol–water partition coefficient (Wildman–Crippen LogP) is 3.94. The molecule has 5 rings (SSSR count). The second-order valence-electron chi connectivity index (χ2n) is 8.09. The number of carbonyl (C=O) groups excluding carboxylic acids is 1. The maximum Gasteiger partial charge on any atom is 0.255 e. The molecule has 160 valence electrons. The Labute approximate surface area is 187 Å². The number of aromatic nitrogens is 3. The van der Waals surface area contributed by atoms with E-state index in [-0.39, 0.29) is 11.9 Å². The summed E-state index contributed by atoms with van der Waals surface area (Å²) in [5.41, 5.74) is 4.22. The van der Waals surface area contributed by atoms with Gasteiger partial charge in [0.2, 0.25) is 0 Å². The lowest BCUT2D eigenvalue weighted by Gasteiger charge is -2.16. The minimum absolute atomic E-state index is 0.0994. The van der Waals surface area contributed by atoms with Gasteiger partial charge in [0.1, 0.15) is 5.69 Å². The number of rotatable bonds is 6. The molecule has 1 atom stereocenters. The summed E-state index contributed by atoms with van der Waals surface area (Å²) in [6.45, 7) is 2.72. The van der Waals surface area contributed by atoms with Crippen LogP contribution < -0.4 is 5.32 Å². The van der Waals surface area contributed by atoms with Crippen LogP contribution in [-0.4, -0.2) is 44.7 Å². The Morgan fingerprint density at radius 3 is 2.53 bits per heavy atom. The molecule has 1 N–H and O–H groups in total. The van der Waals surface area contributed by atoms with Crippen molar-refractivity contribution in [1.82, 2.24) is 25.0 Å². The van der Waals surface area contributed by atoms with Crippen molar-refractivity contribution < 1.29 is 4.79 Å². The Morgan fingerprint density at radius 1 is 1.00 bits per heavy atom. The zero-order chi connectivity index (χ0) is 21.8. The highest BCUT2D eigenvalue weighted by atomic mass is 16.1. The number of likely N-dealkylation sites (tertiary alicyclic amines) is 1. The zero-order valence-corrected chi connectivity index (χ0v) is 17.8. The minimum Gasteiger partial charge on any atom is -0.348 e. The fourth-order valence-electron chi connectivity index (χ4n) is 4.17. The molecule has 32 heavy (non-hydrogen) atoms. The lowest BCUT2D eigenvalue weighted by molar-refractivity contribution is 0.0938. The number of hydrogen-bond donors (Lipinski definition) is 1. The molecule has 0 bridgehead atoms. The summed E-state index contributed by atoms with van der Waals surface area (Å²) in [4.78, 5) is 19.9. The molecule has 1 aliphatic rings. The van der Waals surface area contributed by atoms with E-state index in [1.54, 1.807) is 17.1 Å². The van der Waals surface area contributed by atoms with Crippen LogP contribution in [0.5, 0.6) is 0 Å². The third kappa shape index (κ3) is 4.45. The molecular formula is C26H25N5O. The van der Waals surface area contributed by atoms with Gasteiger partial charge in [0.25, 0.3) is 5.91 Å². The van der Waals surface area contributed by atoms with E-state index in [4.69, 9.17) is 5.10 Å². The van der Waals surface area contributed by atoms with Crippen molar-refractivity contribution in [3.05, 3.63) is 103 Å². The minimum atomic E-state index is -0.0994. The van der Waals surface area contributed by atoms with Crippen LogP contribution >= 0.6 is 0 Å². The van der Waals surface area contributed by atoms with Crippen molar-refractivity contribution in [2.24, 2.45) is 0 Å². The molecule has 0 saturated carbocycles. The molecule has 1 amide bonds. The van der Waals surface area contributed by atoms with Crippen LogP contribution in [0.1, 0.15) is 22.3 Å². The molecule has 1 unspecified atom stereocenters. The maximum atomic E-state index is 13.3. The van der Waals surface area contributed by atoms with E-state index in [0.29, 0.717) is 11.3 Å². The summed E-state index contributed by atoms with van der Waals surface area (Å²) in [6.07, 6.45) is 6.21. The number of carbonyl (C=O) groups is 1. The van der Waals surface area contributed by atoms with E-state index in [1.165, 1.54) is 5.56 Å². The van der Waals surface area contributed by atoms with Crippen molar-refractivity contribution in [3.8, 4) is 16.9 Å². The number of nitrogens with one attached hydrogen (secondary N) is 1. The Morgan fingerprint density at radius 2 is 1.78 bits per heavy atom. The first-order valence-electron chi connectivity index (χ1n) is 10.9. The second-order valence-corrected chi connectivity index (χ2v) is 8.09. The van der Waals surface area contributed by atoms with E-state index < -0.39 is 0 Å². The molecule has 1 saturated heterocycles. The van der Waals surface area contributed by atoms with E-state index in [1.807, 2.05) is 54.7 Å². The Kier molecular flexibility index (Phi) is 5.77. The van der Waals surface area contributed by atoms with Gasteiger partial charge in [-0.25, -0.2) is 4.68 Å². The van der Waals surface area contributed by atoms with Gasteiger partial charge in [0.05, 0.1) is 11.3 Å². The molecule has 6 nitrogen and oxygen atoms in total. The molecule has 0 aliphatic carbocycles. The molecule has 0 radical (unpaired) electrons. The van der Waals surface area contributed by atoms with Crippen LogP contribution in [-0.2, 0) is 6.54 Å². The lowest BCUT2D eigenvalue weighted by atomic mass is 10.1. The van der Waals surface area contributed by atoms with Crippen molar-refractivity contribution in [2.75, 3.05) is 13.1 Å². The summed E-state index contributed by atoms with van der Waals surface area (Å²) < 4.78 is 1.76. The first-order chi connectivity index (χ1) is 15.8. The van der Waals surface area contributed by atoms with Crippen LogP contribution in [0.15, 0.2) is 91.4 Å². The van der Waals surface area contributed by atoms with Crippen LogP contribution in [0.2, 0.25) is 0 Å². The first-order valence-corrected chi connectivity index (χ1v) is 10.9. The summed E-state index contributed by atoms with van der Waals surface area (Å²) in [5.74, 6) is -0.0994. The highest BCUT2D eigenvalue weighted by Crippen LogP contribution is 2.24. The predicted molar refractivity (Wildman–Crippen MR) is 124 cm³/mol. The fourth-order valence-corrected chi connectivity index (χ4v) is 4.17. The summed E-state index contributed by atoms with van der Waals surface area (Å²) >= 11 is 0. The fraction of sp³-hybridized carbons (Fsp3) is 0.192. The van der Waals surface area contributed by atoms with Gasteiger partial charge < -0.3 is 5.32 Å². The molecule has 0 spiro atoms. The van der Waals surface area contributed by atoms with Crippen molar-refractivity contribution >= 4 is 5.91 Å². The van der Waals surface area contributed by atoms with E-state index in [9.17, 15) is 4.79 Å². The third-order valence-corrected chi connectivity index (χ3v) is 5.77. The van der Waals surface area contributed by atoms with Gasteiger partial charge >= 0.3 is 0 Å². The second kappa shape index (κ2) is 9.16. The Hall–Kier alpha value is -3.77. The third-order valence-electron chi connectivity index (χ3n) is 5.77. The smallest absolute Gasteiger partial charge is 0.255 e. The van der Waals surface area contributed by atoms with E-state index in [0.717, 1.165) is 37.3 Å². The normalized spacial score (nSPS) is 16.2. The molecule has 2 aromatic carbocycles. The molecule has 1 aliphatic heterocycles. The van der Waals surface area contributed by atoms with Crippen LogP contribution in [0, 0.1) is 0 Å². The van der Waals surface area contributed by atoms with Gasteiger partial charge in [-0.15, -0.1) is 0 Å². The standard InChI is InChI=1S/C26H25N5O/c32-26(28-22-13-15-30(18-22)17-20-8-3-1-4-9-20)24-19-31(23-11-5-2-6-12-23)29-25(24)21-10-7-14-27-16-21/h1-12,14,16,19,22H,13,15,17-18H2,(H,28,32). The molecule has 2 aromatic heterocycles. The Bertz CT molecular complexity index is 1170. The SMILES string of the molecule is O=C(NC1CCN(Cc2ccccc2)C1)c1cn(-c2ccccc2)nc1-c1cccnc1. The number of hydrogen-bond acceptors (Lipinski definition) is 4. The number of para-hydroxylation sites is 1. The lowest BCUT2D eigenvalue weighted by Crippen LogP contribution is -2.37. The maximum absolute atomic E-state index is 13.3. The number of nitrogens with zero attached hydrogens (tertiary/aromatic N) is 4. The topological polar surface area (TPSA) is 63.1 Å².